The molecule has 2 rings (SSSR count). The molecule has 0 saturated heterocycles. The molecule has 18 heavy (non-hydrogen) atoms. The summed E-state index contributed by atoms with van der Waals surface area (Å²) in [4.78, 5) is 11.2. The molecule has 0 spiro atoms. The molecule has 0 aliphatic heterocycles. The predicted octanol–water partition coefficient (Wildman–Crippen LogP) is 2.68. The van der Waals surface area contributed by atoms with E-state index < -0.39 is 0 Å². The van der Waals surface area contributed by atoms with Gasteiger partial charge in [-0.1, -0.05) is 23.7 Å². The first-order valence-corrected chi connectivity index (χ1v) is 5.85. The standard InChI is InChI=1S/C13H13ClN2O2/c1-9-6-12(10-4-3-5-11(14)7-10)15-16(9)8-13(17)18-2/h3-7H,8H2,1-2H3. The zero-order valence-corrected chi connectivity index (χ0v) is 10.9. The van der Waals surface area contributed by atoms with Gasteiger partial charge in [-0.15, -0.1) is 0 Å². The van der Waals surface area contributed by atoms with Crippen molar-refractivity contribution in [3.8, 4) is 11.3 Å². The number of hydrogen-bond donors (Lipinski definition) is 0. The topological polar surface area (TPSA) is 44.1 Å². The Hall–Kier alpha value is -1.81. The number of hydrogen-bond acceptors (Lipinski definition) is 3. The van der Waals surface area contributed by atoms with E-state index in [1.54, 1.807) is 4.68 Å². The number of rotatable bonds is 3. The lowest BCUT2D eigenvalue weighted by atomic mass is 10.1. The molecule has 0 aliphatic carbocycles. The Morgan fingerprint density at radius 1 is 1.44 bits per heavy atom. The third kappa shape index (κ3) is 2.71. The van der Waals surface area contributed by atoms with Crippen molar-refractivity contribution in [1.82, 2.24) is 9.78 Å². The van der Waals surface area contributed by atoms with Gasteiger partial charge in [-0.05, 0) is 25.1 Å². The van der Waals surface area contributed by atoms with Crippen molar-refractivity contribution >= 4 is 17.6 Å². The smallest absolute Gasteiger partial charge is 0.327 e. The molecule has 5 heteroatoms. The normalized spacial score (nSPS) is 10.4. The van der Waals surface area contributed by atoms with Gasteiger partial charge in [-0.3, -0.25) is 9.48 Å². The number of esters is 1. The summed E-state index contributed by atoms with van der Waals surface area (Å²) in [7, 11) is 1.36. The molecule has 0 fully saturated rings. The van der Waals surface area contributed by atoms with Crippen molar-refractivity contribution in [2.75, 3.05) is 7.11 Å². The second-order valence-electron chi connectivity index (χ2n) is 3.92. The van der Waals surface area contributed by atoms with Crippen molar-refractivity contribution in [2.45, 2.75) is 13.5 Å². The van der Waals surface area contributed by atoms with Crippen LogP contribution in [-0.4, -0.2) is 22.9 Å². The Balaban J connectivity index is 2.31. The van der Waals surface area contributed by atoms with Gasteiger partial charge in [0.05, 0.1) is 12.8 Å². The first-order valence-electron chi connectivity index (χ1n) is 5.47. The van der Waals surface area contributed by atoms with Gasteiger partial charge < -0.3 is 4.74 Å². The van der Waals surface area contributed by atoms with E-state index in [1.165, 1.54) is 7.11 Å². The molecule has 4 nitrogen and oxygen atoms in total. The molecule has 1 heterocycles. The fourth-order valence-electron chi connectivity index (χ4n) is 1.65. The van der Waals surface area contributed by atoms with Crippen LogP contribution < -0.4 is 0 Å². The van der Waals surface area contributed by atoms with Crippen LogP contribution in [0.1, 0.15) is 5.69 Å². The van der Waals surface area contributed by atoms with Crippen LogP contribution in [0.15, 0.2) is 30.3 Å². The Morgan fingerprint density at radius 2 is 2.22 bits per heavy atom. The number of aryl methyl sites for hydroxylation is 1. The van der Waals surface area contributed by atoms with Crippen molar-refractivity contribution in [3.05, 3.63) is 41.0 Å². The lowest BCUT2D eigenvalue weighted by molar-refractivity contribution is -0.141. The molecule has 0 unspecified atom stereocenters. The first kappa shape index (κ1) is 12.6. The maximum absolute atomic E-state index is 11.2. The second kappa shape index (κ2) is 5.23. The summed E-state index contributed by atoms with van der Waals surface area (Å²) in [6.07, 6.45) is 0. The number of carbonyl (C=O) groups is 1. The van der Waals surface area contributed by atoms with Crippen molar-refractivity contribution in [3.63, 3.8) is 0 Å². The molecule has 1 aromatic carbocycles. The van der Waals surface area contributed by atoms with Gasteiger partial charge in [0.15, 0.2) is 0 Å². The van der Waals surface area contributed by atoms with Gasteiger partial charge in [0, 0.05) is 16.3 Å². The number of nitrogens with zero attached hydrogens (tertiary/aromatic N) is 2. The van der Waals surface area contributed by atoms with Gasteiger partial charge in [-0.2, -0.15) is 5.10 Å². The summed E-state index contributed by atoms with van der Waals surface area (Å²) in [5.74, 6) is -0.321. The van der Waals surface area contributed by atoms with Crippen LogP contribution in [0.25, 0.3) is 11.3 Å². The van der Waals surface area contributed by atoms with Crippen LogP contribution in [0.3, 0.4) is 0 Å². The highest BCUT2D eigenvalue weighted by Gasteiger charge is 2.10. The zero-order chi connectivity index (χ0) is 13.1. The van der Waals surface area contributed by atoms with Crippen LogP contribution in [0.2, 0.25) is 5.02 Å². The average molecular weight is 265 g/mol. The van der Waals surface area contributed by atoms with E-state index in [2.05, 4.69) is 9.84 Å². The van der Waals surface area contributed by atoms with Gasteiger partial charge in [0.2, 0.25) is 0 Å². The van der Waals surface area contributed by atoms with Crippen LogP contribution in [0, 0.1) is 6.92 Å². The SMILES string of the molecule is COC(=O)Cn1nc(-c2cccc(Cl)c2)cc1C. The number of carbonyl (C=O) groups excluding carboxylic acids is 1. The van der Waals surface area contributed by atoms with E-state index in [-0.39, 0.29) is 12.5 Å². The minimum absolute atomic E-state index is 0.114. The van der Waals surface area contributed by atoms with Gasteiger partial charge in [0.1, 0.15) is 6.54 Å². The first-order chi connectivity index (χ1) is 8.60. The van der Waals surface area contributed by atoms with Crippen LogP contribution in [0.4, 0.5) is 0 Å². The summed E-state index contributed by atoms with van der Waals surface area (Å²) in [6.45, 7) is 2.01. The molecule has 2 aromatic rings. The number of aromatic nitrogens is 2. The third-order valence-electron chi connectivity index (χ3n) is 2.61. The van der Waals surface area contributed by atoms with Gasteiger partial charge in [-0.25, -0.2) is 0 Å². The summed E-state index contributed by atoms with van der Waals surface area (Å²) < 4.78 is 6.24. The van der Waals surface area contributed by atoms with E-state index >= 15 is 0 Å². The maximum Gasteiger partial charge on any atom is 0.327 e. The van der Waals surface area contributed by atoms with E-state index in [0.717, 1.165) is 17.0 Å². The lowest BCUT2D eigenvalue weighted by Gasteiger charge is -2.01. The number of methoxy groups -OCH3 is 1. The molecule has 0 N–H and O–H groups in total. The molecule has 0 bridgehead atoms. The molecule has 0 amide bonds. The Morgan fingerprint density at radius 3 is 2.89 bits per heavy atom. The number of halogens is 1. The van der Waals surface area contributed by atoms with Gasteiger partial charge in [0.25, 0.3) is 0 Å². The maximum atomic E-state index is 11.2. The van der Waals surface area contributed by atoms with Crippen LogP contribution in [0.5, 0.6) is 0 Å². The Labute approximate surface area is 110 Å². The molecular formula is C13H13ClN2O2. The van der Waals surface area contributed by atoms with Gasteiger partial charge >= 0.3 is 5.97 Å². The third-order valence-corrected chi connectivity index (χ3v) is 2.84. The quantitative estimate of drug-likeness (QED) is 0.801. The predicted molar refractivity (Wildman–Crippen MR) is 69.4 cm³/mol. The highest BCUT2D eigenvalue weighted by atomic mass is 35.5. The number of benzene rings is 1. The molecule has 0 atom stereocenters. The highest BCUT2D eigenvalue weighted by molar-refractivity contribution is 6.30. The molecule has 94 valence electrons. The summed E-state index contributed by atoms with van der Waals surface area (Å²) in [5, 5.41) is 5.03. The summed E-state index contributed by atoms with van der Waals surface area (Å²) >= 11 is 5.94. The highest BCUT2D eigenvalue weighted by Crippen LogP contribution is 2.22. The molecular weight excluding hydrogens is 252 g/mol. The minimum atomic E-state index is -0.321. The van der Waals surface area contributed by atoms with E-state index in [0.29, 0.717) is 5.02 Å². The van der Waals surface area contributed by atoms with Crippen molar-refractivity contribution < 1.29 is 9.53 Å². The average Bonchev–Trinajstić information content (AvgIpc) is 2.71. The fraction of sp³-hybridized carbons (Fsp3) is 0.231. The molecule has 0 aliphatic rings. The molecule has 0 saturated carbocycles. The zero-order valence-electron chi connectivity index (χ0n) is 10.2. The number of ether oxygens (including phenoxy) is 1. The summed E-state index contributed by atoms with van der Waals surface area (Å²) in [6, 6.07) is 9.35. The summed E-state index contributed by atoms with van der Waals surface area (Å²) in [5.41, 5.74) is 2.61. The van der Waals surface area contributed by atoms with Crippen molar-refractivity contribution in [2.24, 2.45) is 0 Å². The second-order valence-corrected chi connectivity index (χ2v) is 4.35. The Bertz CT molecular complexity index is 578. The van der Waals surface area contributed by atoms with Crippen molar-refractivity contribution in [1.29, 1.82) is 0 Å². The lowest BCUT2D eigenvalue weighted by Crippen LogP contribution is -2.13. The largest absolute Gasteiger partial charge is 0.468 e. The van der Waals surface area contributed by atoms with E-state index in [9.17, 15) is 4.79 Å². The van der Waals surface area contributed by atoms with Crippen LogP contribution in [-0.2, 0) is 16.1 Å². The monoisotopic (exact) mass is 264 g/mol. The molecule has 1 aromatic heterocycles. The Kier molecular flexibility index (Phi) is 3.67. The molecule has 0 radical (unpaired) electrons. The fourth-order valence-corrected chi connectivity index (χ4v) is 1.84. The van der Waals surface area contributed by atoms with E-state index in [4.69, 9.17) is 11.6 Å². The van der Waals surface area contributed by atoms with E-state index in [1.807, 2.05) is 37.3 Å². The minimum Gasteiger partial charge on any atom is -0.468 e. The van der Waals surface area contributed by atoms with Crippen LogP contribution >= 0.6 is 11.6 Å².